The second-order valence-electron chi connectivity index (χ2n) is 7.26. The van der Waals surface area contributed by atoms with Crippen molar-refractivity contribution in [2.45, 2.75) is 57.4 Å². The average Bonchev–Trinajstić information content (AvgIpc) is 2.50. The van der Waals surface area contributed by atoms with Gasteiger partial charge in [0.1, 0.15) is 5.60 Å². The van der Waals surface area contributed by atoms with Gasteiger partial charge in [0.15, 0.2) is 0 Å². The molecule has 2 amide bonds. The Bertz CT molecular complexity index is 599. The van der Waals surface area contributed by atoms with E-state index in [2.05, 4.69) is 5.32 Å². The van der Waals surface area contributed by atoms with Crippen molar-refractivity contribution < 1.29 is 24.5 Å². The molecule has 1 aromatic carbocycles. The number of nitrogens with zero attached hydrogens (tertiary/aromatic N) is 1. The molecule has 3 atom stereocenters. The number of hydrogen-bond acceptors (Lipinski definition) is 4. The van der Waals surface area contributed by atoms with E-state index in [9.17, 15) is 19.8 Å². The van der Waals surface area contributed by atoms with Crippen LogP contribution in [0.2, 0.25) is 0 Å². The number of rotatable bonds is 3. The number of carbonyl (C=O) groups excluding carboxylic acids is 1. The molecule has 25 heavy (non-hydrogen) atoms. The first-order valence-corrected chi connectivity index (χ1v) is 8.38. The summed E-state index contributed by atoms with van der Waals surface area (Å²) in [5.41, 5.74) is 0.259. The lowest BCUT2D eigenvalue weighted by Crippen LogP contribution is -2.63. The van der Waals surface area contributed by atoms with E-state index in [1.54, 1.807) is 20.8 Å². The SMILES string of the molecule is CC(C)(C)OC(=O)N[C@H]1C(Cc2ccccc2)N(C(=O)O)CC[C@@H]1O. The van der Waals surface area contributed by atoms with Crippen molar-refractivity contribution >= 4 is 12.2 Å². The minimum absolute atomic E-state index is 0.223. The van der Waals surface area contributed by atoms with Crippen molar-refractivity contribution in [3.8, 4) is 0 Å². The number of ether oxygens (including phenoxy) is 1. The molecule has 1 aromatic rings. The van der Waals surface area contributed by atoms with Gasteiger partial charge in [-0.2, -0.15) is 0 Å². The predicted octanol–water partition coefficient (Wildman–Crippen LogP) is 2.24. The number of likely N-dealkylation sites (tertiary alicyclic amines) is 1. The Hall–Kier alpha value is -2.28. The third kappa shape index (κ3) is 5.35. The number of carbonyl (C=O) groups is 2. The lowest BCUT2D eigenvalue weighted by molar-refractivity contribution is 0.000182. The number of benzene rings is 1. The number of amides is 2. The standard InChI is InChI=1S/C18H26N2O5/c1-18(2,3)25-16(22)19-15-13(11-12-7-5-4-6-8-12)20(17(23)24)10-9-14(15)21/h4-8,13-15,21H,9-11H2,1-3H3,(H,19,22)(H,23,24)/t13?,14-,15-/m0/s1. The first-order valence-electron chi connectivity index (χ1n) is 8.38. The molecule has 3 N–H and O–H groups in total. The molecule has 0 aromatic heterocycles. The summed E-state index contributed by atoms with van der Waals surface area (Å²) in [5.74, 6) is 0. The third-order valence-electron chi connectivity index (χ3n) is 4.11. The molecule has 1 saturated heterocycles. The zero-order valence-electron chi connectivity index (χ0n) is 14.8. The Labute approximate surface area is 147 Å². The summed E-state index contributed by atoms with van der Waals surface area (Å²) in [4.78, 5) is 25.0. The van der Waals surface area contributed by atoms with E-state index in [1.165, 1.54) is 4.90 Å². The second kappa shape index (κ2) is 7.74. The van der Waals surface area contributed by atoms with E-state index in [4.69, 9.17) is 4.74 Å². The smallest absolute Gasteiger partial charge is 0.408 e. The van der Waals surface area contributed by atoms with Gasteiger partial charge in [-0.3, -0.25) is 0 Å². The molecule has 1 unspecified atom stereocenters. The van der Waals surface area contributed by atoms with Crippen LogP contribution in [0.25, 0.3) is 0 Å². The molecule has 7 heteroatoms. The van der Waals surface area contributed by atoms with Gasteiger partial charge in [0, 0.05) is 6.54 Å². The summed E-state index contributed by atoms with van der Waals surface area (Å²) < 4.78 is 5.26. The van der Waals surface area contributed by atoms with E-state index >= 15 is 0 Å². The van der Waals surface area contributed by atoms with Crippen LogP contribution in [0.3, 0.4) is 0 Å². The van der Waals surface area contributed by atoms with Crippen LogP contribution < -0.4 is 5.32 Å². The van der Waals surface area contributed by atoms with Crippen LogP contribution in [0.15, 0.2) is 30.3 Å². The molecule has 0 aliphatic carbocycles. The highest BCUT2D eigenvalue weighted by Crippen LogP contribution is 2.23. The van der Waals surface area contributed by atoms with Crippen LogP contribution in [-0.4, -0.2) is 57.6 Å². The fraction of sp³-hybridized carbons (Fsp3) is 0.556. The number of nitrogens with one attached hydrogen (secondary N) is 1. The Morgan fingerprint density at radius 1 is 1.28 bits per heavy atom. The third-order valence-corrected chi connectivity index (χ3v) is 4.11. The maximum Gasteiger partial charge on any atom is 0.408 e. The molecule has 138 valence electrons. The minimum atomic E-state index is -1.07. The number of aliphatic hydroxyl groups excluding tert-OH is 1. The molecule has 7 nitrogen and oxygen atoms in total. The van der Waals surface area contributed by atoms with Crippen molar-refractivity contribution in [3.05, 3.63) is 35.9 Å². The zero-order valence-corrected chi connectivity index (χ0v) is 14.8. The van der Waals surface area contributed by atoms with Crippen LogP contribution in [-0.2, 0) is 11.2 Å². The minimum Gasteiger partial charge on any atom is -0.465 e. The summed E-state index contributed by atoms with van der Waals surface area (Å²) in [5, 5.41) is 22.6. The average molecular weight is 350 g/mol. The van der Waals surface area contributed by atoms with Gasteiger partial charge in [0.05, 0.1) is 18.2 Å². The van der Waals surface area contributed by atoms with Crippen molar-refractivity contribution in [2.75, 3.05) is 6.54 Å². The number of carboxylic acid groups (broad SMARTS) is 1. The maximum atomic E-state index is 12.1. The first-order chi connectivity index (χ1) is 11.7. The molecule has 0 saturated carbocycles. The van der Waals surface area contributed by atoms with Gasteiger partial charge >= 0.3 is 12.2 Å². The van der Waals surface area contributed by atoms with Crippen LogP contribution in [0.4, 0.5) is 9.59 Å². The van der Waals surface area contributed by atoms with E-state index in [-0.39, 0.29) is 13.0 Å². The molecule has 2 rings (SSSR count). The largest absolute Gasteiger partial charge is 0.465 e. The molecular formula is C18H26N2O5. The fourth-order valence-electron chi connectivity index (χ4n) is 3.03. The van der Waals surface area contributed by atoms with Gasteiger partial charge in [-0.1, -0.05) is 30.3 Å². The van der Waals surface area contributed by atoms with Crippen LogP contribution >= 0.6 is 0 Å². The van der Waals surface area contributed by atoms with Gasteiger partial charge in [-0.15, -0.1) is 0 Å². The molecule has 1 aliphatic rings. The lowest BCUT2D eigenvalue weighted by Gasteiger charge is -2.42. The highest BCUT2D eigenvalue weighted by atomic mass is 16.6. The van der Waals surface area contributed by atoms with Crippen LogP contribution in [0.5, 0.6) is 0 Å². The Morgan fingerprint density at radius 3 is 2.48 bits per heavy atom. The van der Waals surface area contributed by atoms with Crippen molar-refractivity contribution in [1.29, 1.82) is 0 Å². The summed E-state index contributed by atoms with van der Waals surface area (Å²) in [6, 6.07) is 8.10. The first kappa shape index (κ1) is 19.1. The van der Waals surface area contributed by atoms with Gasteiger partial charge in [0.2, 0.25) is 0 Å². The second-order valence-corrected chi connectivity index (χ2v) is 7.26. The van der Waals surface area contributed by atoms with Crippen molar-refractivity contribution in [1.82, 2.24) is 10.2 Å². The number of piperidine rings is 1. The van der Waals surface area contributed by atoms with E-state index in [1.807, 2.05) is 30.3 Å². The Kier molecular flexibility index (Phi) is 5.89. The highest BCUT2D eigenvalue weighted by Gasteiger charge is 2.41. The molecule has 0 bridgehead atoms. The monoisotopic (exact) mass is 350 g/mol. The van der Waals surface area contributed by atoms with Gasteiger partial charge in [-0.05, 0) is 39.2 Å². The molecule has 1 aliphatic heterocycles. The lowest BCUT2D eigenvalue weighted by atomic mass is 9.89. The van der Waals surface area contributed by atoms with Crippen molar-refractivity contribution in [2.24, 2.45) is 0 Å². The topological polar surface area (TPSA) is 99.1 Å². The fourth-order valence-corrected chi connectivity index (χ4v) is 3.03. The summed E-state index contributed by atoms with van der Waals surface area (Å²) >= 11 is 0. The van der Waals surface area contributed by atoms with E-state index in [0.717, 1.165) is 5.56 Å². The molecular weight excluding hydrogens is 324 g/mol. The molecule has 1 heterocycles. The molecule has 0 spiro atoms. The quantitative estimate of drug-likeness (QED) is 0.776. The molecule has 0 radical (unpaired) electrons. The Balaban J connectivity index is 2.21. The van der Waals surface area contributed by atoms with Crippen LogP contribution in [0.1, 0.15) is 32.8 Å². The number of alkyl carbamates (subject to hydrolysis) is 1. The van der Waals surface area contributed by atoms with Gasteiger partial charge in [-0.25, -0.2) is 9.59 Å². The number of hydrogen-bond donors (Lipinski definition) is 3. The van der Waals surface area contributed by atoms with Crippen LogP contribution in [0, 0.1) is 0 Å². The highest BCUT2D eigenvalue weighted by molar-refractivity contribution is 5.69. The number of aliphatic hydroxyl groups is 1. The predicted molar refractivity (Wildman–Crippen MR) is 92.4 cm³/mol. The summed E-state index contributed by atoms with van der Waals surface area (Å²) in [7, 11) is 0. The van der Waals surface area contributed by atoms with E-state index in [0.29, 0.717) is 6.42 Å². The van der Waals surface area contributed by atoms with E-state index < -0.39 is 36.0 Å². The zero-order chi connectivity index (χ0) is 18.6. The molecule has 1 fully saturated rings. The Morgan fingerprint density at radius 2 is 1.92 bits per heavy atom. The van der Waals surface area contributed by atoms with Gasteiger partial charge < -0.3 is 25.2 Å². The van der Waals surface area contributed by atoms with Gasteiger partial charge in [0.25, 0.3) is 0 Å². The summed E-state index contributed by atoms with van der Waals surface area (Å²) in [6.45, 7) is 5.46. The van der Waals surface area contributed by atoms with Crippen molar-refractivity contribution in [3.63, 3.8) is 0 Å². The maximum absolute atomic E-state index is 12.1. The summed E-state index contributed by atoms with van der Waals surface area (Å²) in [6.07, 6.45) is -1.91. The normalized spacial score (nSPS) is 23.8.